The second kappa shape index (κ2) is 6.43. The van der Waals surface area contributed by atoms with Crippen LogP contribution in [0, 0.1) is 0 Å². The van der Waals surface area contributed by atoms with Gasteiger partial charge in [0.1, 0.15) is 6.67 Å². The molecule has 4 rings (SSSR count). The average Bonchev–Trinajstić information content (AvgIpc) is 3.25. The van der Waals surface area contributed by atoms with E-state index in [1.54, 1.807) is 0 Å². The summed E-state index contributed by atoms with van der Waals surface area (Å²) >= 11 is 0. The number of amidine groups is 1. The Hall–Kier alpha value is -2.64. The van der Waals surface area contributed by atoms with Crippen molar-refractivity contribution in [2.24, 2.45) is 5.10 Å². The van der Waals surface area contributed by atoms with Gasteiger partial charge in [-0.3, -0.25) is 4.79 Å². The molecule has 2 atom stereocenters. The standard InChI is InChI=1S/C16H12F8N4O2/c17-14(18)4-27(5-14)12(29)10-13(30-10)28-6-25-11(26-28)7-1-8(15(19,20)21)3-9(2-7)16(22,23)24/h1-3,10,13H,4-6H2,(H,25,26). The van der Waals surface area contributed by atoms with E-state index < -0.39 is 66.3 Å². The highest BCUT2D eigenvalue weighted by molar-refractivity contribution is 5.99. The molecule has 3 heterocycles. The molecule has 1 aromatic rings. The first-order valence-corrected chi connectivity index (χ1v) is 8.46. The summed E-state index contributed by atoms with van der Waals surface area (Å²) in [6.07, 6.45) is -12.1. The van der Waals surface area contributed by atoms with Gasteiger partial charge in [-0.1, -0.05) is 0 Å². The second-order valence-corrected chi connectivity index (χ2v) is 7.02. The summed E-state index contributed by atoms with van der Waals surface area (Å²) in [6, 6.07) is 1.03. The molecule has 30 heavy (non-hydrogen) atoms. The van der Waals surface area contributed by atoms with Crippen LogP contribution in [-0.2, 0) is 21.9 Å². The molecule has 1 N–H and O–H groups in total. The fourth-order valence-corrected chi connectivity index (χ4v) is 3.11. The molecule has 0 aromatic heterocycles. The number of hydrogen-bond acceptors (Lipinski definition) is 5. The number of hydrazone groups is 1. The monoisotopic (exact) mass is 444 g/mol. The first-order chi connectivity index (χ1) is 13.7. The number of carbonyl (C=O) groups is 1. The van der Waals surface area contributed by atoms with Crippen LogP contribution in [0.25, 0.3) is 0 Å². The number of rotatable bonds is 3. The van der Waals surface area contributed by atoms with E-state index in [2.05, 4.69) is 10.4 Å². The first kappa shape index (κ1) is 20.6. The number of likely N-dealkylation sites (tertiary alicyclic amines) is 1. The molecule has 0 radical (unpaired) electrons. The van der Waals surface area contributed by atoms with Crippen LogP contribution < -0.4 is 5.32 Å². The Morgan fingerprint density at radius 2 is 1.63 bits per heavy atom. The maximum atomic E-state index is 13.0. The molecular formula is C16H12F8N4O2. The maximum absolute atomic E-state index is 13.0. The molecule has 3 aliphatic rings. The molecule has 0 aliphatic carbocycles. The van der Waals surface area contributed by atoms with Crippen molar-refractivity contribution in [3.05, 3.63) is 34.9 Å². The minimum Gasteiger partial charge on any atom is -0.349 e. The Bertz CT molecular complexity index is 873. The predicted octanol–water partition coefficient (Wildman–Crippen LogP) is 2.45. The smallest absolute Gasteiger partial charge is 0.349 e. The van der Waals surface area contributed by atoms with Crippen LogP contribution in [0.1, 0.15) is 16.7 Å². The quantitative estimate of drug-likeness (QED) is 0.575. The SMILES string of the molecule is O=C(C1OC1N1CNC(c2cc(C(F)(F)F)cc(C(F)(F)F)c2)=N1)N1CC(F)(F)C1. The highest BCUT2D eigenvalue weighted by Crippen LogP contribution is 2.37. The summed E-state index contributed by atoms with van der Waals surface area (Å²) in [5.41, 5.74) is -3.44. The van der Waals surface area contributed by atoms with Crippen molar-refractivity contribution >= 4 is 11.7 Å². The van der Waals surface area contributed by atoms with Crippen LogP contribution >= 0.6 is 0 Å². The zero-order chi connectivity index (χ0) is 22.1. The zero-order valence-corrected chi connectivity index (χ0v) is 14.7. The fraction of sp³-hybridized carbons (Fsp3) is 0.500. The van der Waals surface area contributed by atoms with E-state index in [9.17, 15) is 39.9 Å². The summed E-state index contributed by atoms with van der Waals surface area (Å²) in [5.74, 6) is -3.92. The van der Waals surface area contributed by atoms with Crippen molar-refractivity contribution in [2.75, 3.05) is 19.8 Å². The molecule has 3 aliphatic heterocycles. The summed E-state index contributed by atoms with van der Waals surface area (Å²) in [4.78, 5) is 12.9. The van der Waals surface area contributed by atoms with Gasteiger partial charge in [-0.05, 0) is 18.2 Å². The van der Waals surface area contributed by atoms with Gasteiger partial charge in [0.15, 0.2) is 18.2 Å². The number of carbonyl (C=O) groups excluding carboxylic acids is 1. The van der Waals surface area contributed by atoms with Gasteiger partial charge in [0.05, 0.1) is 24.2 Å². The van der Waals surface area contributed by atoms with E-state index in [1.165, 1.54) is 0 Å². The lowest BCUT2D eigenvalue weighted by atomic mass is 10.0. The van der Waals surface area contributed by atoms with Gasteiger partial charge < -0.3 is 15.0 Å². The number of epoxide rings is 1. The van der Waals surface area contributed by atoms with Gasteiger partial charge in [0.2, 0.25) is 0 Å². The minimum absolute atomic E-state index is 0.00167. The van der Waals surface area contributed by atoms with Crippen LogP contribution in [0.4, 0.5) is 35.1 Å². The zero-order valence-electron chi connectivity index (χ0n) is 14.7. The van der Waals surface area contributed by atoms with Crippen molar-refractivity contribution < 1.29 is 44.7 Å². The van der Waals surface area contributed by atoms with Crippen molar-refractivity contribution in [1.29, 1.82) is 0 Å². The van der Waals surface area contributed by atoms with Gasteiger partial charge in [0.25, 0.3) is 11.8 Å². The normalized spacial score (nSPS) is 25.5. The second-order valence-electron chi connectivity index (χ2n) is 7.02. The number of nitrogens with zero attached hydrogens (tertiary/aromatic N) is 3. The third-order valence-corrected chi connectivity index (χ3v) is 4.66. The van der Waals surface area contributed by atoms with Gasteiger partial charge in [0, 0.05) is 5.56 Å². The molecule has 0 bridgehead atoms. The van der Waals surface area contributed by atoms with E-state index in [1.807, 2.05) is 0 Å². The number of ether oxygens (including phenoxy) is 1. The van der Waals surface area contributed by atoms with Crippen molar-refractivity contribution in [1.82, 2.24) is 15.2 Å². The van der Waals surface area contributed by atoms with Crippen LogP contribution in [0.5, 0.6) is 0 Å². The van der Waals surface area contributed by atoms with Crippen molar-refractivity contribution in [3.63, 3.8) is 0 Å². The van der Waals surface area contributed by atoms with Crippen LogP contribution in [0.3, 0.4) is 0 Å². The molecule has 14 heteroatoms. The van der Waals surface area contributed by atoms with Gasteiger partial charge >= 0.3 is 12.4 Å². The molecule has 2 unspecified atom stereocenters. The molecule has 1 aromatic carbocycles. The number of halogens is 8. The van der Waals surface area contributed by atoms with Gasteiger partial charge in [-0.25, -0.2) is 13.8 Å². The molecule has 164 valence electrons. The van der Waals surface area contributed by atoms with Crippen LogP contribution in [0.15, 0.2) is 23.3 Å². The lowest BCUT2D eigenvalue weighted by Gasteiger charge is -2.38. The Morgan fingerprint density at radius 1 is 1.07 bits per heavy atom. The third kappa shape index (κ3) is 3.87. The molecular weight excluding hydrogens is 432 g/mol. The van der Waals surface area contributed by atoms with Crippen LogP contribution in [0.2, 0.25) is 0 Å². The fourth-order valence-electron chi connectivity index (χ4n) is 3.11. The number of alkyl halides is 8. The van der Waals surface area contributed by atoms with Crippen molar-refractivity contribution in [2.45, 2.75) is 30.6 Å². The first-order valence-electron chi connectivity index (χ1n) is 8.46. The molecule has 2 fully saturated rings. The van der Waals surface area contributed by atoms with E-state index in [4.69, 9.17) is 4.74 Å². The molecule has 6 nitrogen and oxygen atoms in total. The molecule has 0 spiro atoms. The van der Waals surface area contributed by atoms with E-state index >= 15 is 0 Å². The summed E-state index contributed by atoms with van der Waals surface area (Å²) < 4.78 is 109. The van der Waals surface area contributed by atoms with Crippen molar-refractivity contribution in [3.8, 4) is 0 Å². The maximum Gasteiger partial charge on any atom is 0.416 e. The molecule has 2 saturated heterocycles. The van der Waals surface area contributed by atoms with Gasteiger partial charge in [-0.15, -0.1) is 0 Å². The molecule has 1 amide bonds. The third-order valence-electron chi connectivity index (χ3n) is 4.66. The molecule has 0 saturated carbocycles. The Balaban J connectivity index is 1.51. The lowest BCUT2D eigenvalue weighted by Crippen LogP contribution is -2.59. The van der Waals surface area contributed by atoms with E-state index in [0.717, 1.165) is 9.91 Å². The summed E-state index contributed by atoms with van der Waals surface area (Å²) in [6.45, 7) is -1.64. The highest BCUT2D eigenvalue weighted by Gasteiger charge is 2.56. The Kier molecular flexibility index (Phi) is 4.42. The predicted molar refractivity (Wildman–Crippen MR) is 83.0 cm³/mol. The highest BCUT2D eigenvalue weighted by atomic mass is 19.4. The number of nitrogens with one attached hydrogen (secondary N) is 1. The average molecular weight is 444 g/mol. The summed E-state index contributed by atoms with van der Waals surface area (Å²) in [5, 5.41) is 7.55. The number of hydrogen-bond donors (Lipinski definition) is 1. The number of benzene rings is 1. The van der Waals surface area contributed by atoms with E-state index in [-0.39, 0.29) is 18.6 Å². The largest absolute Gasteiger partial charge is 0.416 e. The van der Waals surface area contributed by atoms with E-state index in [0.29, 0.717) is 12.1 Å². The summed E-state index contributed by atoms with van der Waals surface area (Å²) in [7, 11) is 0. The Morgan fingerprint density at radius 3 is 2.13 bits per heavy atom. The van der Waals surface area contributed by atoms with Gasteiger partial charge in [-0.2, -0.15) is 31.4 Å². The topological polar surface area (TPSA) is 60.5 Å². The van der Waals surface area contributed by atoms with Crippen LogP contribution in [-0.4, -0.2) is 59.7 Å². The minimum atomic E-state index is -5.01. The Labute approximate surface area is 163 Å². The lowest BCUT2D eigenvalue weighted by molar-refractivity contribution is -0.166. The number of amides is 1.